The Labute approximate surface area is 161 Å². The second kappa shape index (κ2) is 7.36. The summed E-state index contributed by atoms with van der Waals surface area (Å²) in [6.07, 6.45) is 0.976. The van der Waals surface area contributed by atoms with Crippen LogP contribution in [0.1, 0.15) is 25.1 Å². The molecule has 0 saturated heterocycles. The van der Waals surface area contributed by atoms with Crippen LogP contribution in [-0.2, 0) is 6.42 Å². The molecule has 134 valence electrons. The maximum atomic E-state index is 5.17. The highest BCUT2D eigenvalue weighted by Crippen LogP contribution is 2.34. The lowest BCUT2D eigenvalue weighted by Crippen LogP contribution is -2.04. The highest BCUT2D eigenvalue weighted by Gasteiger charge is 2.15. The molecule has 0 unspecified atom stereocenters. The van der Waals surface area contributed by atoms with E-state index in [2.05, 4.69) is 99.6 Å². The molecular weight excluding hydrogens is 326 g/mol. The molecule has 0 aliphatic heterocycles. The third-order valence-corrected chi connectivity index (χ3v) is 5.02. The molecule has 0 radical (unpaired) electrons. The van der Waals surface area contributed by atoms with Crippen molar-refractivity contribution in [3.8, 4) is 22.4 Å². The smallest absolute Gasteiger partial charge is 0.0714 e. The van der Waals surface area contributed by atoms with E-state index >= 15 is 0 Å². The maximum absolute atomic E-state index is 5.17. The van der Waals surface area contributed by atoms with Gasteiger partial charge in [0.2, 0.25) is 0 Å². The predicted molar refractivity (Wildman–Crippen MR) is 116 cm³/mol. The largest absolute Gasteiger partial charge is 0.252 e. The van der Waals surface area contributed by atoms with Gasteiger partial charge in [0.1, 0.15) is 0 Å². The van der Waals surface area contributed by atoms with Gasteiger partial charge in [0.25, 0.3) is 0 Å². The molecule has 27 heavy (non-hydrogen) atoms. The average Bonchev–Trinajstić information content (AvgIpc) is 2.67. The summed E-state index contributed by atoms with van der Waals surface area (Å²) in [7, 11) is 0. The molecule has 0 fully saturated rings. The number of benzene rings is 3. The molecule has 0 N–H and O–H groups in total. The fourth-order valence-corrected chi connectivity index (χ4v) is 3.86. The van der Waals surface area contributed by atoms with Gasteiger partial charge in [0.05, 0.1) is 5.69 Å². The molecule has 0 saturated carbocycles. The van der Waals surface area contributed by atoms with E-state index in [0.29, 0.717) is 5.92 Å². The number of fused-ring (bicyclic) bond motifs is 1. The molecule has 0 aliphatic carbocycles. The van der Waals surface area contributed by atoms with Crippen LogP contribution >= 0.6 is 0 Å². The van der Waals surface area contributed by atoms with Gasteiger partial charge in [-0.05, 0) is 47.2 Å². The summed E-state index contributed by atoms with van der Waals surface area (Å²) in [6.45, 7) is 6.73. The second-order valence-electron chi connectivity index (χ2n) is 7.64. The third kappa shape index (κ3) is 3.50. The van der Waals surface area contributed by atoms with Crippen LogP contribution in [0.5, 0.6) is 0 Å². The first-order chi connectivity index (χ1) is 13.1. The lowest BCUT2D eigenvalue weighted by Gasteiger charge is -2.17. The number of rotatable bonds is 4. The van der Waals surface area contributed by atoms with E-state index in [9.17, 15) is 0 Å². The molecule has 1 nitrogen and oxygen atoms in total. The van der Waals surface area contributed by atoms with Crippen LogP contribution in [0.3, 0.4) is 0 Å². The van der Waals surface area contributed by atoms with Gasteiger partial charge < -0.3 is 0 Å². The van der Waals surface area contributed by atoms with E-state index in [4.69, 9.17) is 4.98 Å². The summed E-state index contributed by atoms with van der Waals surface area (Å²) >= 11 is 0. The molecule has 0 bridgehead atoms. The molecule has 0 spiro atoms. The molecule has 3 aromatic carbocycles. The lowest BCUT2D eigenvalue weighted by molar-refractivity contribution is 0.636. The van der Waals surface area contributed by atoms with Crippen molar-refractivity contribution in [2.24, 2.45) is 5.92 Å². The highest BCUT2D eigenvalue weighted by atomic mass is 14.7. The average molecular weight is 351 g/mol. The Balaban J connectivity index is 1.94. The van der Waals surface area contributed by atoms with Crippen LogP contribution in [0.4, 0.5) is 0 Å². The number of pyridine rings is 1. The van der Waals surface area contributed by atoms with E-state index in [1.807, 2.05) is 0 Å². The normalized spacial score (nSPS) is 11.3. The molecule has 1 heteroatoms. The minimum Gasteiger partial charge on any atom is -0.252 e. The van der Waals surface area contributed by atoms with E-state index in [-0.39, 0.29) is 0 Å². The van der Waals surface area contributed by atoms with Gasteiger partial charge in [-0.1, -0.05) is 86.6 Å². The monoisotopic (exact) mass is 351 g/mol. The van der Waals surface area contributed by atoms with Crippen molar-refractivity contribution in [3.63, 3.8) is 0 Å². The molecule has 0 aliphatic rings. The topological polar surface area (TPSA) is 12.9 Å². The molecular formula is C26H25N. The van der Waals surface area contributed by atoms with Crippen LogP contribution in [0.15, 0.2) is 78.9 Å². The van der Waals surface area contributed by atoms with Crippen molar-refractivity contribution in [2.45, 2.75) is 27.2 Å². The number of hydrogen-bond acceptors (Lipinski definition) is 1. The van der Waals surface area contributed by atoms with E-state index in [0.717, 1.165) is 12.1 Å². The summed E-state index contributed by atoms with van der Waals surface area (Å²) < 4.78 is 0. The van der Waals surface area contributed by atoms with Crippen LogP contribution in [0, 0.1) is 12.8 Å². The molecule has 0 atom stereocenters. The van der Waals surface area contributed by atoms with Crippen LogP contribution in [-0.4, -0.2) is 4.98 Å². The summed E-state index contributed by atoms with van der Waals surface area (Å²) in [5.74, 6) is 0.558. The van der Waals surface area contributed by atoms with Gasteiger partial charge in [-0.2, -0.15) is 0 Å². The Kier molecular flexibility index (Phi) is 4.77. The van der Waals surface area contributed by atoms with Crippen molar-refractivity contribution >= 4 is 10.8 Å². The number of aryl methyl sites for hydroxylation is 1. The fourth-order valence-electron chi connectivity index (χ4n) is 3.86. The molecule has 0 amide bonds. The van der Waals surface area contributed by atoms with Crippen LogP contribution < -0.4 is 0 Å². The second-order valence-corrected chi connectivity index (χ2v) is 7.64. The van der Waals surface area contributed by atoms with Gasteiger partial charge in [0.15, 0.2) is 0 Å². The quantitative estimate of drug-likeness (QED) is 0.383. The fraction of sp³-hybridized carbons (Fsp3) is 0.192. The van der Waals surface area contributed by atoms with Crippen LogP contribution in [0.25, 0.3) is 33.2 Å². The number of nitrogens with zero attached hydrogens (tertiary/aromatic N) is 1. The maximum Gasteiger partial charge on any atom is 0.0714 e. The van der Waals surface area contributed by atoms with Crippen molar-refractivity contribution in [2.75, 3.05) is 0 Å². The zero-order valence-corrected chi connectivity index (χ0v) is 16.2. The van der Waals surface area contributed by atoms with Crippen molar-refractivity contribution in [3.05, 3.63) is 90.1 Å². The first-order valence-corrected chi connectivity index (χ1v) is 9.67. The Morgan fingerprint density at radius 3 is 2.30 bits per heavy atom. The minimum atomic E-state index is 0.558. The van der Waals surface area contributed by atoms with Gasteiger partial charge in [-0.15, -0.1) is 0 Å². The number of aromatic nitrogens is 1. The SMILES string of the molecule is Cc1cc(-c2cccc3ccccc23)nc(CC(C)C)c1-c1ccccc1. The van der Waals surface area contributed by atoms with Crippen molar-refractivity contribution in [1.82, 2.24) is 4.98 Å². The minimum absolute atomic E-state index is 0.558. The highest BCUT2D eigenvalue weighted by molar-refractivity contribution is 5.96. The van der Waals surface area contributed by atoms with E-state index < -0.39 is 0 Å². The first-order valence-electron chi connectivity index (χ1n) is 9.67. The van der Waals surface area contributed by atoms with E-state index in [1.54, 1.807) is 0 Å². The molecule has 1 heterocycles. The summed E-state index contributed by atoms with van der Waals surface area (Å²) in [5, 5.41) is 2.52. The van der Waals surface area contributed by atoms with Gasteiger partial charge in [-0.25, -0.2) is 0 Å². The molecule has 4 aromatic rings. The Hall–Kier alpha value is -2.93. The molecule has 1 aromatic heterocycles. The summed E-state index contributed by atoms with van der Waals surface area (Å²) in [4.78, 5) is 5.17. The third-order valence-electron chi connectivity index (χ3n) is 5.02. The standard InChI is InChI=1S/C26H25N/c1-18(2)16-25-26(21-11-5-4-6-12-21)19(3)17-24(27-25)23-15-9-13-20-10-7-8-14-22(20)23/h4-15,17-18H,16H2,1-3H3. The lowest BCUT2D eigenvalue weighted by atomic mass is 9.92. The predicted octanol–water partition coefficient (Wildman–Crippen LogP) is 7.08. The van der Waals surface area contributed by atoms with Crippen molar-refractivity contribution < 1.29 is 0 Å². The van der Waals surface area contributed by atoms with Crippen LogP contribution in [0.2, 0.25) is 0 Å². The zero-order valence-electron chi connectivity index (χ0n) is 16.2. The zero-order chi connectivity index (χ0) is 18.8. The van der Waals surface area contributed by atoms with Gasteiger partial charge >= 0.3 is 0 Å². The van der Waals surface area contributed by atoms with Gasteiger partial charge in [-0.3, -0.25) is 4.98 Å². The first kappa shape index (κ1) is 17.5. The number of hydrogen-bond donors (Lipinski definition) is 0. The Bertz CT molecular complexity index is 1070. The summed E-state index contributed by atoms with van der Waals surface area (Å²) in [6, 6.07) is 27.9. The summed E-state index contributed by atoms with van der Waals surface area (Å²) in [5.41, 5.74) is 7.30. The Morgan fingerprint density at radius 1 is 0.815 bits per heavy atom. The van der Waals surface area contributed by atoms with E-state index in [1.165, 1.54) is 38.7 Å². The van der Waals surface area contributed by atoms with Gasteiger partial charge in [0, 0.05) is 16.8 Å². The molecule has 4 rings (SSSR count). The Morgan fingerprint density at radius 2 is 1.52 bits per heavy atom. The van der Waals surface area contributed by atoms with Crippen molar-refractivity contribution in [1.29, 1.82) is 0 Å².